The standard InChI is InChI=1S/C23H33N3O7/c1-15(2)20(26-23(30)33-11-10-32-9-8-31-3)19(27)13-18-12-16-4-6-24-14-17(16)5-7-25-22(29)21(18)28/h4,6,14-15,18,20H,5,7-13H2,1-3H3,(H,25,29)(H,26,30). The molecular formula is C23H33N3O7. The van der Waals surface area contributed by atoms with E-state index in [9.17, 15) is 19.2 Å². The molecule has 2 atom stereocenters. The third-order valence-corrected chi connectivity index (χ3v) is 5.37. The highest BCUT2D eigenvalue weighted by molar-refractivity contribution is 6.37. The zero-order valence-corrected chi connectivity index (χ0v) is 19.4. The summed E-state index contributed by atoms with van der Waals surface area (Å²) < 4.78 is 15.2. The molecule has 2 heterocycles. The summed E-state index contributed by atoms with van der Waals surface area (Å²) in [6.07, 6.45) is 3.24. The van der Waals surface area contributed by atoms with E-state index in [1.807, 2.05) is 0 Å². The van der Waals surface area contributed by atoms with E-state index in [1.165, 1.54) is 0 Å². The maximum Gasteiger partial charge on any atom is 0.407 e. The molecule has 0 saturated heterocycles. The third-order valence-electron chi connectivity index (χ3n) is 5.37. The minimum absolute atomic E-state index is 0.0284. The summed E-state index contributed by atoms with van der Waals surface area (Å²) in [6.45, 7) is 4.95. The number of carbonyl (C=O) groups is 4. The van der Waals surface area contributed by atoms with Gasteiger partial charge in [-0.25, -0.2) is 4.79 Å². The summed E-state index contributed by atoms with van der Waals surface area (Å²) in [7, 11) is 1.56. The Hall–Kier alpha value is -2.85. The second kappa shape index (κ2) is 13.6. The van der Waals surface area contributed by atoms with Gasteiger partial charge in [-0.05, 0) is 36.0 Å². The summed E-state index contributed by atoms with van der Waals surface area (Å²) in [5.41, 5.74) is 1.81. The Balaban J connectivity index is 2.01. The molecule has 0 bridgehead atoms. The number of rotatable bonds is 11. The first-order valence-corrected chi connectivity index (χ1v) is 11.1. The molecule has 0 spiro atoms. The maximum atomic E-state index is 13.1. The average Bonchev–Trinajstić information content (AvgIpc) is 2.84. The molecule has 0 saturated carbocycles. The number of pyridine rings is 1. The molecule has 33 heavy (non-hydrogen) atoms. The zero-order chi connectivity index (χ0) is 24.2. The molecular weight excluding hydrogens is 430 g/mol. The van der Waals surface area contributed by atoms with Crippen LogP contribution in [0, 0.1) is 11.8 Å². The minimum Gasteiger partial charge on any atom is -0.447 e. The molecule has 0 aromatic carbocycles. The van der Waals surface area contributed by atoms with E-state index in [0.29, 0.717) is 26.2 Å². The Morgan fingerprint density at radius 3 is 2.67 bits per heavy atom. The molecule has 10 heteroatoms. The topological polar surface area (TPSA) is 133 Å². The summed E-state index contributed by atoms with van der Waals surface area (Å²) >= 11 is 0. The van der Waals surface area contributed by atoms with Crippen LogP contribution < -0.4 is 10.6 Å². The molecule has 1 aromatic rings. The van der Waals surface area contributed by atoms with Crippen LogP contribution in [0.15, 0.2) is 18.5 Å². The van der Waals surface area contributed by atoms with Gasteiger partial charge < -0.3 is 24.8 Å². The monoisotopic (exact) mass is 463 g/mol. The van der Waals surface area contributed by atoms with Gasteiger partial charge in [0.25, 0.3) is 5.91 Å². The molecule has 0 aliphatic carbocycles. The molecule has 2 amide bonds. The van der Waals surface area contributed by atoms with Gasteiger partial charge in [0.05, 0.1) is 25.9 Å². The fraction of sp³-hybridized carbons (Fsp3) is 0.609. The van der Waals surface area contributed by atoms with Crippen molar-refractivity contribution < 1.29 is 33.4 Å². The summed E-state index contributed by atoms with van der Waals surface area (Å²) in [5.74, 6) is -2.73. The predicted molar refractivity (Wildman–Crippen MR) is 119 cm³/mol. The number of methoxy groups -OCH3 is 1. The number of nitrogens with one attached hydrogen (secondary N) is 2. The van der Waals surface area contributed by atoms with Crippen molar-refractivity contribution in [3.05, 3.63) is 29.6 Å². The van der Waals surface area contributed by atoms with Crippen LogP contribution in [0.1, 0.15) is 31.4 Å². The number of Topliss-reactive ketones (excluding diaryl/α,β-unsaturated/α-hetero) is 2. The number of alkyl carbamates (subject to hydrolysis) is 1. The normalized spacial score (nSPS) is 17.3. The van der Waals surface area contributed by atoms with Crippen LogP contribution in [-0.4, -0.2) is 74.7 Å². The summed E-state index contributed by atoms with van der Waals surface area (Å²) in [5, 5.41) is 5.19. The molecule has 1 aliphatic rings. The second-order valence-electron chi connectivity index (χ2n) is 8.19. The lowest BCUT2D eigenvalue weighted by Crippen LogP contribution is -2.46. The lowest BCUT2D eigenvalue weighted by molar-refractivity contribution is -0.141. The van der Waals surface area contributed by atoms with Crippen LogP contribution in [0.2, 0.25) is 0 Å². The number of carbonyl (C=O) groups excluding carboxylic acids is 4. The second-order valence-corrected chi connectivity index (χ2v) is 8.19. The van der Waals surface area contributed by atoms with Crippen LogP contribution in [-0.2, 0) is 41.4 Å². The van der Waals surface area contributed by atoms with E-state index in [4.69, 9.17) is 14.2 Å². The number of amides is 2. The van der Waals surface area contributed by atoms with Gasteiger partial charge in [0, 0.05) is 38.4 Å². The summed E-state index contributed by atoms with van der Waals surface area (Å²) in [6, 6.07) is 0.951. The largest absolute Gasteiger partial charge is 0.447 e. The Morgan fingerprint density at radius 2 is 1.94 bits per heavy atom. The van der Waals surface area contributed by atoms with Crippen LogP contribution in [0.5, 0.6) is 0 Å². The van der Waals surface area contributed by atoms with Gasteiger partial charge >= 0.3 is 6.09 Å². The van der Waals surface area contributed by atoms with Crippen molar-refractivity contribution >= 4 is 23.6 Å². The fourth-order valence-electron chi connectivity index (χ4n) is 3.58. The van der Waals surface area contributed by atoms with Crippen molar-refractivity contribution in [2.45, 2.75) is 39.2 Å². The van der Waals surface area contributed by atoms with E-state index < -0.39 is 29.7 Å². The van der Waals surface area contributed by atoms with E-state index in [1.54, 1.807) is 39.4 Å². The van der Waals surface area contributed by atoms with Crippen molar-refractivity contribution in [3.8, 4) is 0 Å². The molecule has 10 nitrogen and oxygen atoms in total. The van der Waals surface area contributed by atoms with Crippen molar-refractivity contribution in [1.82, 2.24) is 15.6 Å². The van der Waals surface area contributed by atoms with Gasteiger partial charge in [-0.1, -0.05) is 13.8 Å². The van der Waals surface area contributed by atoms with Crippen LogP contribution in [0.4, 0.5) is 4.79 Å². The van der Waals surface area contributed by atoms with Gasteiger partial charge in [0.2, 0.25) is 5.78 Å². The first-order valence-electron chi connectivity index (χ1n) is 11.1. The van der Waals surface area contributed by atoms with Crippen LogP contribution >= 0.6 is 0 Å². The quantitative estimate of drug-likeness (QED) is 0.365. The highest BCUT2D eigenvalue weighted by Crippen LogP contribution is 2.21. The third kappa shape index (κ3) is 8.54. The first-order chi connectivity index (χ1) is 15.8. The van der Waals surface area contributed by atoms with Gasteiger partial charge in [-0.2, -0.15) is 0 Å². The Morgan fingerprint density at radius 1 is 1.18 bits per heavy atom. The number of ether oxygens (including phenoxy) is 3. The lowest BCUT2D eigenvalue weighted by Gasteiger charge is -2.23. The molecule has 2 N–H and O–H groups in total. The van der Waals surface area contributed by atoms with Crippen molar-refractivity contribution in [3.63, 3.8) is 0 Å². The molecule has 182 valence electrons. The van der Waals surface area contributed by atoms with Gasteiger partial charge in [-0.15, -0.1) is 0 Å². The predicted octanol–water partition coefficient (Wildman–Crippen LogP) is 0.855. The minimum atomic E-state index is -0.854. The Kier molecular flexibility index (Phi) is 10.9. The number of hydrogen-bond donors (Lipinski definition) is 2. The van der Waals surface area contributed by atoms with E-state index in [-0.39, 0.29) is 37.8 Å². The highest BCUT2D eigenvalue weighted by atomic mass is 16.6. The molecule has 1 aliphatic heterocycles. The number of fused-ring (bicyclic) bond motifs is 1. The van der Waals surface area contributed by atoms with Gasteiger partial charge in [0.15, 0.2) is 5.78 Å². The molecule has 1 aromatic heterocycles. The zero-order valence-electron chi connectivity index (χ0n) is 19.4. The highest BCUT2D eigenvalue weighted by Gasteiger charge is 2.33. The fourth-order valence-corrected chi connectivity index (χ4v) is 3.58. The first kappa shape index (κ1) is 26.4. The molecule has 0 fully saturated rings. The van der Waals surface area contributed by atoms with Crippen molar-refractivity contribution in [2.24, 2.45) is 11.8 Å². The van der Waals surface area contributed by atoms with Gasteiger partial charge in [-0.3, -0.25) is 19.4 Å². The number of hydrogen-bond acceptors (Lipinski definition) is 8. The molecule has 0 radical (unpaired) electrons. The molecule has 2 unspecified atom stereocenters. The van der Waals surface area contributed by atoms with E-state index in [0.717, 1.165) is 11.1 Å². The van der Waals surface area contributed by atoms with Crippen LogP contribution in [0.3, 0.4) is 0 Å². The Labute approximate surface area is 193 Å². The van der Waals surface area contributed by atoms with Gasteiger partial charge in [0.1, 0.15) is 6.61 Å². The van der Waals surface area contributed by atoms with E-state index >= 15 is 0 Å². The number of ketones is 2. The van der Waals surface area contributed by atoms with E-state index in [2.05, 4.69) is 15.6 Å². The number of nitrogens with zero attached hydrogens (tertiary/aromatic N) is 1. The smallest absolute Gasteiger partial charge is 0.407 e. The maximum absolute atomic E-state index is 13.1. The molecule has 2 rings (SSSR count). The SMILES string of the molecule is COCCOCCOC(=O)NC(C(=O)CC1Cc2ccncc2CCNC(=O)C1=O)C(C)C. The lowest BCUT2D eigenvalue weighted by atomic mass is 9.85. The number of aromatic nitrogens is 1. The Bertz CT molecular complexity index is 828. The van der Waals surface area contributed by atoms with Crippen molar-refractivity contribution in [1.29, 1.82) is 0 Å². The summed E-state index contributed by atoms with van der Waals surface area (Å²) in [4.78, 5) is 54.4. The average molecular weight is 464 g/mol. The van der Waals surface area contributed by atoms with Crippen molar-refractivity contribution in [2.75, 3.05) is 40.1 Å². The van der Waals surface area contributed by atoms with Crippen LogP contribution in [0.25, 0.3) is 0 Å².